The molecule has 2 heteroatoms. The van der Waals surface area contributed by atoms with Crippen molar-refractivity contribution in [1.29, 1.82) is 0 Å². The summed E-state index contributed by atoms with van der Waals surface area (Å²) in [5.41, 5.74) is 1.04. The van der Waals surface area contributed by atoms with Gasteiger partial charge in [-0.2, -0.15) is 0 Å². The third-order valence-corrected chi connectivity index (χ3v) is 3.27. The van der Waals surface area contributed by atoms with Gasteiger partial charge >= 0.3 is 5.97 Å². The van der Waals surface area contributed by atoms with Crippen molar-refractivity contribution in [1.82, 2.24) is 0 Å². The lowest BCUT2D eigenvalue weighted by atomic mass is 10.00. The van der Waals surface area contributed by atoms with Crippen molar-refractivity contribution < 1.29 is 9.53 Å². The van der Waals surface area contributed by atoms with Crippen molar-refractivity contribution in [3.05, 3.63) is 60.2 Å². The van der Waals surface area contributed by atoms with Gasteiger partial charge in [0.1, 0.15) is 6.61 Å². The van der Waals surface area contributed by atoms with Crippen LogP contribution < -0.4 is 0 Å². The third-order valence-electron chi connectivity index (χ3n) is 3.27. The van der Waals surface area contributed by atoms with Crippen LogP contribution in [0.3, 0.4) is 0 Å². The van der Waals surface area contributed by atoms with Crippen LogP contribution in [0.4, 0.5) is 0 Å². The Kier molecular flexibility index (Phi) is 2.92. The molecule has 0 spiro atoms. The van der Waals surface area contributed by atoms with Crippen molar-refractivity contribution in [3.8, 4) is 0 Å². The van der Waals surface area contributed by atoms with Crippen molar-refractivity contribution in [2.24, 2.45) is 0 Å². The summed E-state index contributed by atoms with van der Waals surface area (Å²) in [6.45, 7) is 1.76. The van der Waals surface area contributed by atoms with Crippen LogP contribution in [0.25, 0.3) is 21.5 Å². The maximum atomic E-state index is 10.9. The van der Waals surface area contributed by atoms with E-state index in [1.165, 1.54) is 23.1 Å². The van der Waals surface area contributed by atoms with Gasteiger partial charge in [-0.05, 0) is 39.2 Å². The molecule has 3 aromatic rings. The molecule has 19 heavy (non-hydrogen) atoms. The summed E-state index contributed by atoms with van der Waals surface area (Å²) in [4.78, 5) is 10.9. The van der Waals surface area contributed by atoms with Gasteiger partial charge in [-0.3, -0.25) is 4.79 Å². The van der Waals surface area contributed by atoms with E-state index in [4.69, 9.17) is 4.74 Å². The number of esters is 1. The second-order valence-electron chi connectivity index (χ2n) is 4.62. The molecule has 0 aliphatic carbocycles. The van der Waals surface area contributed by atoms with E-state index in [2.05, 4.69) is 30.3 Å². The van der Waals surface area contributed by atoms with Gasteiger partial charge in [-0.1, -0.05) is 42.5 Å². The fourth-order valence-electron chi connectivity index (χ4n) is 2.34. The second kappa shape index (κ2) is 4.73. The molecule has 0 bridgehead atoms. The molecule has 0 heterocycles. The molecular formula is C17H14O2. The van der Waals surface area contributed by atoms with Gasteiger partial charge in [-0.15, -0.1) is 0 Å². The number of carbonyl (C=O) groups excluding carboxylic acids is 1. The van der Waals surface area contributed by atoms with Gasteiger partial charge in [0.2, 0.25) is 0 Å². The Morgan fingerprint density at radius 1 is 0.947 bits per heavy atom. The van der Waals surface area contributed by atoms with Crippen LogP contribution in [0.15, 0.2) is 54.6 Å². The molecule has 0 aliphatic rings. The number of hydrogen-bond acceptors (Lipinski definition) is 2. The first-order valence-corrected chi connectivity index (χ1v) is 6.28. The maximum Gasteiger partial charge on any atom is 0.302 e. The average Bonchev–Trinajstić information content (AvgIpc) is 2.42. The Morgan fingerprint density at radius 2 is 1.63 bits per heavy atom. The normalized spacial score (nSPS) is 10.8. The Morgan fingerprint density at radius 3 is 2.37 bits per heavy atom. The smallest absolute Gasteiger partial charge is 0.302 e. The molecule has 0 fully saturated rings. The highest BCUT2D eigenvalue weighted by Gasteiger charge is 2.04. The van der Waals surface area contributed by atoms with E-state index in [0.717, 1.165) is 10.9 Å². The molecule has 0 radical (unpaired) electrons. The van der Waals surface area contributed by atoms with E-state index < -0.39 is 0 Å². The van der Waals surface area contributed by atoms with E-state index in [9.17, 15) is 4.79 Å². The standard InChI is InChI=1S/C17H14O2/c1-12(18)19-11-16-8-4-7-15-9-13-5-2-3-6-14(13)10-17(15)16/h2-10H,11H2,1H3. The van der Waals surface area contributed by atoms with Crippen LogP contribution >= 0.6 is 0 Å². The molecule has 94 valence electrons. The molecule has 0 saturated heterocycles. The quantitative estimate of drug-likeness (QED) is 0.506. The zero-order valence-corrected chi connectivity index (χ0v) is 10.7. The molecular weight excluding hydrogens is 236 g/mol. The number of hydrogen-bond donors (Lipinski definition) is 0. The average molecular weight is 250 g/mol. The first-order valence-electron chi connectivity index (χ1n) is 6.28. The van der Waals surface area contributed by atoms with Crippen LogP contribution in [0.2, 0.25) is 0 Å². The molecule has 0 amide bonds. The predicted molar refractivity (Wildman–Crippen MR) is 76.9 cm³/mol. The Labute approximate surface area is 111 Å². The minimum Gasteiger partial charge on any atom is -0.461 e. The van der Waals surface area contributed by atoms with Crippen LogP contribution in [0.1, 0.15) is 12.5 Å². The lowest BCUT2D eigenvalue weighted by molar-refractivity contribution is -0.142. The van der Waals surface area contributed by atoms with Crippen LogP contribution in [0, 0.1) is 0 Å². The van der Waals surface area contributed by atoms with Gasteiger partial charge in [0.05, 0.1) is 0 Å². The van der Waals surface area contributed by atoms with Crippen molar-refractivity contribution in [2.45, 2.75) is 13.5 Å². The first kappa shape index (κ1) is 11.7. The third kappa shape index (κ3) is 2.29. The highest BCUT2D eigenvalue weighted by Crippen LogP contribution is 2.25. The predicted octanol–water partition coefficient (Wildman–Crippen LogP) is 4.06. The first-order chi connectivity index (χ1) is 9.24. The molecule has 0 aromatic heterocycles. The van der Waals surface area contributed by atoms with E-state index in [-0.39, 0.29) is 5.97 Å². The molecule has 3 aromatic carbocycles. The fourth-order valence-corrected chi connectivity index (χ4v) is 2.34. The second-order valence-corrected chi connectivity index (χ2v) is 4.62. The fraction of sp³-hybridized carbons (Fsp3) is 0.118. The highest BCUT2D eigenvalue weighted by molar-refractivity contribution is 5.99. The topological polar surface area (TPSA) is 26.3 Å². The molecule has 0 saturated carbocycles. The molecule has 0 aliphatic heterocycles. The van der Waals surface area contributed by atoms with Gasteiger partial charge in [0, 0.05) is 6.92 Å². The van der Waals surface area contributed by atoms with Crippen LogP contribution in [-0.2, 0) is 16.1 Å². The lowest BCUT2D eigenvalue weighted by Gasteiger charge is -2.08. The van der Waals surface area contributed by atoms with E-state index in [0.29, 0.717) is 6.61 Å². The molecule has 2 nitrogen and oxygen atoms in total. The minimum absolute atomic E-state index is 0.252. The summed E-state index contributed by atoms with van der Waals surface area (Å²) < 4.78 is 5.11. The summed E-state index contributed by atoms with van der Waals surface area (Å²) in [6.07, 6.45) is 0. The summed E-state index contributed by atoms with van der Waals surface area (Å²) >= 11 is 0. The Hall–Kier alpha value is -2.35. The number of benzene rings is 3. The van der Waals surface area contributed by atoms with E-state index in [1.807, 2.05) is 24.3 Å². The molecule has 0 N–H and O–H groups in total. The van der Waals surface area contributed by atoms with Gasteiger partial charge < -0.3 is 4.74 Å². The monoisotopic (exact) mass is 250 g/mol. The van der Waals surface area contributed by atoms with Crippen molar-refractivity contribution >= 4 is 27.5 Å². The largest absolute Gasteiger partial charge is 0.461 e. The summed E-state index contributed by atoms with van der Waals surface area (Å²) in [5.74, 6) is -0.252. The Balaban J connectivity index is 2.17. The van der Waals surface area contributed by atoms with Crippen LogP contribution in [-0.4, -0.2) is 5.97 Å². The van der Waals surface area contributed by atoms with E-state index >= 15 is 0 Å². The Bertz CT molecular complexity index is 759. The van der Waals surface area contributed by atoms with Gasteiger partial charge in [0.15, 0.2) is 0 Å². The van der Waals surface area contributed by atoms with Crippen molar-refractivity contribution in [2.75, 3.05) is 0 Å². The number of rotatable bonds is 2. The number of ether oxygens (including phenoxy) is 1. The number of carbonyl (C=O) groups is 1. The van der Waals surface area contributed by atoms with Crippen molar-refractivity contribution in [3.63, 3.8) is 0 Å². The molecule has 0 unspecified atom stereocenters. The SMILES string of the molecule is CC(=O)OCc1cccc2cc3ccccc3cc12. The summed E-state index contributed by atoms with van der Waals surface area (Å²) in [6, 6.07) is 18.7. The van der Waals surface area contributed by atoms with Gasteiger partial charge in [0.25, 0.3) is 0 Å². The summed E-state index contributed by atoms with van der Waals surface area (Å²) in [5, 5.41) is 4.73. The maximum absolute atomic E-state index is 10.9. The van der Waals surface area contributed by atoms with Crippen LogP contribution in [0.5, 0.6) is 0 Å². The highest BCUT2D eigenvalue weighted by atomic mass is 16.5. The molecule has 3 rings (SSSR count). The minimum atomic E-state index is -0.252. The van der Waals surface area contributed by atoms with E-state index in [1.54, 1.807) is 0 Å². The molecule has 0 atom stereocenters. The number of fused-ring (bicyclic) bond motifs is 2. The zero-order valence-electron chi connectivity index (χ0n) is 10.7. The summed E-state index contributed by atoms with van der Waals surface area (Å²) in [7, 11) is 0. The van der Waals surface area contributed by atoms with Gasteiger partial charge in [-0.25, -0.2) is 0 Å². The zero-order chi connectivity index (χ0) is 13.2. The lowest BCUT2D eigenvalue weighted by Crippen LogP contribution is -1.99.